The molecule has 13 heavy (non-hydrogen) atoms. The Labute approximate surface area is 76.9 Å². The van der Waals surface area contributed by atoms with Crippen LogP contribution in [0.15, 0.2) is 0 Å². The topological polar surface area (TPSA) is 79.2 Å². The smallest absolute Gasteiger partial charge is 0.183 e. The number of hydrogen-bond acceptors (Lipinski definition) is 5. The molecule has 1 aliphatic heterocycles. The average Bonchev–Trinajstić information content (AvgIpc) is 2.13. The second-order valence-corrected chi connectivity index (χ2v) is 3.15. The minimum absolute atomic E-state index is 0.376. The Morgan fingerprint density at radius 3 is 2.31 bits per heavy atom. The van der Waals surface area contributed by atoms with Crippen molar-refractivity contribution in [1.82, 2.24) is 0 Å². The number of hydrogen-bond donors (Lipinski definition) is 3. The molecule has 1 fully saturated rings. The first-order valence-corrected chi connectivity index (χ1v) is 4.34. The highest BCUT2D eigenvalue weighted by Crippen LogP contribution is 2.23. The molecule has 0 spiro atoms. The van der Waals surface area contributed by atoms with E-state index in [1.807, 2.05) is 6.92 Å². The third kappa shape index (κ3) is 2.00. The van der Waals surface area contributed by atoms with E-state index in [-0.39, 0.29) is 6.10 Å². The number of aliphatic hydroxyl groups is 3. The molecular formula is C8H16O5. The highest BCUT2D eigenvalue weighted by molar-refractivity contribution is 4.88. The van der Waals surface area contributed by atoms with Crippen LogP contribution in [0.5, 0.6) is 0 Å². The zero-order valence-corrected chi connectivity index (χ0v) is 7.75. The summed E-state index contributed by atoms with van der Waals surface area (Å²) >= 11 is 0. The van der Waals surface area contributed by atoms with E-state index in [0.29, 0.717) is 6.42 Å². The predicted octanol–water partition coefficient (Wildman–Crippen LogP) is -1.15. The van der Waals surface area contributed by atoms with Crippen LogP contribution in [0.4, 0.5) is 0 Å². The molecular weight excluding hydrogens is 176 g/mol. The van der Waals surface area contributed by atoms with Crippen LogP contribution in [0.2, 0.25) is 0 Å². The summed E-state index contributed by atoms with van der Waals surface area (Å²) in [5.41, 5.74) is 0. The molecule has 5 heteroatoms. The summed E-state index contributed by atoms with van der Waals surface area (Å²) in [6.45, 7) is 1.85. The van der Waals surface area contributed by atoms with Gasteiger partial charge in [-0.3, -0.25) is 0 Å². The summed E-state index contributed by atoms with van der Waals surface area (Å²) in [5.74, 6) is 0. The van der Waals surface area contributed by atoms with Crippen molar-refractivity contribution in [3.63, 3.8) is 0 Å². The third-order valence-electron chi connectivity index (χ3n) is 2.33. The van der Waals surface area contributed by atoms with Crippen LogP contribution in [0.1, 0.15) is 13.3 Å². The van der Waals surface area contributed by atoms with Gasteiger partial charge in [0.2, 0.25) is 0 Å². The van der Waals surface area contributed by atoms with Crippen molar-refractivity contribution in [3.8, 4) is 0 Å². The molecule has 0 bridgehead atoms. The van der Waals surface area contributed by atoms with E-state index >= 15 is 0 Å². The lowest BCUT2D eigenvalue weighted by Crippen LogP contribution is -2.57. The van der Waals surface area contributed by atoms with Crippen molar-refractivity contribution in [2.75, 3.05) is 7.11 Å². The maximum atomic E-state index is 9.49. The molecule has 0 amide bonds. The van der Waals surface area contributed by atoms with Crippen molar-refractivity contribution in [3.05, 3.63) is 0 Å². The highest BCUT2D eigenvalue weighted by atomic mass is 16.6. The van der Waals surface area contributed by atoms with Gasteiger partial charge in [-0.15, -0.1) is 0 Å². The van der Waals surface area contributed by atoms with Gasteiger partial charge in [-0.05, 0) is 6.42 Å². The van der Waals surface area contributed by atoms with Crippen molar-refractivity contribution in [2.24, 2.45) is 0 Å². The van der Waals surface area contributed by atoms with Crippen LogP contribution >= 0.6 is 0 Å². The molecule has 0 aromatic rings. The second-order valence-electron chi connectivity index (χ2n) is 3.15. The monoisotopic (exact) mass is 192 g/mol. The number of ether oxygens (including phenoxy) is 2. The van der Waals surface area contributed by atoms with Crippen molar-refractivity contribution < 1.29 is 24.8 Å². The molecule has 3 N–H and O–H groups in total. The molecule has 0 aromatic heterocycles. The molecule has 5 nitrogen and oxygen atoms in total. The van der Waals surface area contributed by atoms with E-state index in [2.05, 4.69) is 0 Å². The third-order valence-corrected chi connectivity index (χ3v) is 2.33. The fourth-order valence-electron chi connectivity index (χ4n) is 1.54. The molecule has 0 radical (unpaired) electrons. The SMILES string of the molecule is CC[C@@H]1OC(O)[C@H](O)[C@H](O)[C@H]1OC. The number of methoxy groups -OCH3 is 1. The van der Waals surface area contributed by atoms with Crippen LogP contribution in [-0.2, 0) is 9.47 Å². The average molecular weight is 192 g/mol. The Morgan fingerprint density at radius 1 is 1.23 bits per heavy atom. The maximum absolute atomic E-state index is 9.49. The first-order chi connectivity index (χ1) is 6.11. The fourth-order valence-corrected chi connectivity index (χ4v) is 1.54. The van der Waals surface area contributed by atoms with E-state index in [1.54, 1.807) is 0 Å². The Bertz CT molecular complexity index is 161. The predicted molar refractivity (Wildman–Crippen MR) is 44.0 cm³/mol. The normalized spacial score (nSPS) is 46.4. The van der Waals surface area contributed by atoms with Crippen LogP contribution in [0.25, 0.3) is 0 Å². The lowest BCUT2D eigenvalue weighted by atomic mass is 9.97. The molecule has 1 unspecified atom stereocenters. The maximum Gasteiger partial charge on any atom is 0.183 e. The van der Waals surface area contributed by atoms with Gasteiger partial charge in [0.25, 0.3) is 0 Å². The summed E-state index contributed by atoms with van der Waals surface area (Å²) in [7, 11) is 1.43. The van der Waals surface area contributed by atoms with E-state index in [4.69, 9.17) is 9.47 Å². The first kappa shape index (κ1) is 10.9. The van der Waals surface area contributed by atoms with Gasteiger partial charge in [0.1, 0.15) is 18.3 Å². The summed E-state index contributed by atoms with van der Waals surface area (Å²) in [5, 5.41) is 27.9. The molecule has 1 rings (SSSR count). The van der Waals surface area contributed by atoms with Gasteiger partial charge in [0, 0.05) is 7.11 Å². The zero-order chi connectivity index (χ0) is 10.0. The van der Waals surface area contributed by atoms with Crippen LogP contribution in [0.3, 0.4) is 0 Å². The Hall–Kier alpha value is -0.200. The quantitative estimate of drug-likeness (QED) is 0.515. The number of aliphatic hydroxyl groups excluding tert-OH is 3. The first-order valence-electron chi connectivity index (χ1n) is 4.34. The van der Waals surface area contributed by atoms with Gasteiger partial charge in [0.05, 0.1) is 6.10 Å². The summed E-state index contributed by atoms with van der Waals surface area (Å²) in [6, 6.07) is 0. The van der Waals surface area contributed by atoms with Gasteiger partial charge < -0.3 is 24.8 Å². The van der Waals surface area contributed by atoms with Gasteiger partial charge in [-0.25, -0.2) is 0 Å². The van der Waals surface area contributed by atoms with Gasteiger partial charge >= 0.3 is 0 Å². The Balaban J connectivity index is 2.69. The minimum atomic E-state index is -1.33. The fraction of sp³-hybridized carbons (Fsp3) is 1.00. The van der Waals surface area contributed by atoms with E-state index in [1.165, 1.54) is 7.11 Å². The van der Waals surface area contributed by atoms with Crippen molar-refractivity contribution in [1.29, 1.82) is 0 Å². The van der Waals surface area contributed by atoms with Gasteiger partial charge in [-0.2, -0.15) is 0 Å². The van der Waals surface area contributed by atoms with E-state index in [0.717, 1.165) is 0 Å². The van der Waals surface area contributed by atoms with Gasteiger partial charge in [0.15, 0.2) is 6.29 Å². The molecule has 1 aliphatic rings. The lowest BCUT2D eigenvalue weighted by Gasteiger charge is -2.39. The minimum Gasteiger partial charge on any atom is -0.387 e. The molecule has 0 saturated carbocycles. The zero-order valence-electron chi connectivity index (χ0n) is 7.75. The van der Waals surface area contributed by atoms with Crippen LogP contribution in [-0.4, -0.2) is 53.1 Å². The van der Waals surface area contributed by atoms with Crippen LogP contribution < -0.4 is 0 Å². The standard InChI is InChI=1S/C8H16O5/c1-3-4-7(12-2)5(9)6(10)8(11)13-4/h4-11H,3H2,1-2H3/t4-,5-,6+,7-,8?/m0/s1. The van der Waals surface area contributed by atoms with Crippen molar-refractivity contribution >= 4 is 0 Å². The van der Waals surface area contributed by atoms with Crippen LogP contribution in [0, 0.1) is 0 Å². The van der Waals surface area contributed by atoms with E-state index < -0.39 is 24.6 Å². The summed E-state index contributed by atoms with van der Waals surface area (Å²) in [6.07, 6.45) is -4.07. The Kier molecular flexibility index (Phi) is 3.63. The van der Waals surface area contributed by atoms with E-state index in [9.17, 15) is 15.3 Å². The molecule has 1 heterocycles. The molecule has 5 atom stereocenters. The molecule has 1 saturated heterocycles. The molecule has 0 aliphatic carbocycles. The molecule has 0 aromatic carbocycles. The largest absolute Gasteiger partial charge is 0.387 e. The van der Waals surface area contributed by atoms with Crippen molar-refractivity contribution in [2.45, 2.75) is 44.1 Å². The Morgan fingerprint density at radius 2 is 1.85 bits per heavy atom. The lowest BCUT2D eigenvalue weighted by molar-refractivity contribution is -0.285. The molecule has 78 valence electrons. The number of rotatable bonds is 2. The summed E-state index contributed by atoms with van der Waals surface area (Å²) in [4.78, 5) is 0. The highest BCUT2D eigenvalue weighted by Gasteiger charge is 2.43. The summed E-state index contributed by atoms with van der Waals surface area (Å²) < 4.78 is 10.0. The second kappa shape index (κ2) is 4.34. The van der Waals surface area contributed by atoms with Gasteiger partial charge in [-0.1, -0.05) is 6.92 Å².